The largest absolute Gasteiger partial charge is 0.455 e. The fraction of sp³-hybridized carbons (Fsp3) is 0.0175. The summed E-state index contributed by atoms with van der Waals surface area (Å²) in [6, 6.07) is 59.6. The quantitative estimate of drug-likeness (QED) is 0.176. The molecule has 0 radical (unpaired) electrons. The van der Waals surface area contributed by atoms with E-state index in [-0.39, 0.29) is 5.56 Å². The summed E-state index contributed by atoms with van der Waals surface area (Å²) in [5.41, 5.74) is 9.89. The van der Waals surface area contributed by atoms with Crippen LogP contribution in [0.1, 0.15) is 16.7 Å². The van der Waals surface area contributed by atoms with Crippen molar-refractivity contribution < 1.29 is 22.0 Å². The van der Waals surface area contributed by atoms with Crippen LogP contribution in [-0.4, -0.2) is 9.13 Å². The summed E-state index contributed by atoms with van der Waals surface area (Å²) < 4.78 is 59.6. The molecule has 4 aromatic heterocycles. The van der Waals surface area contributed by atoms with Gasteiger partial charge in [0.2, 0.25) is 0 Å². The molecule has 0 bridgehead atoms. The van der Waals surface area contributed by atoms with Gasteiger partial charge in [0.05, 0.1) is 73.0 Å². The molecule has 0 aliphatic heterocycles. The zero-order chi connectivity index (χ0) is 44.4. The molecular weight excluding hydrogens is 830 g/mol. The maximum absolute atomic E-state index is 14.0. The normalized spacial score (nSPS) is 12.1. The fourth-order valence-electron chi connectivity index (χ4n) is 10.2. The number of halogens is 3. The highest BCUT2D eigenvalue weighted by Gasteiger charge is 2.32. The molecule has 9 heteroatoms. The lowest BCUT2D eigenvalue weighted by Crippen LogP contribution is -2.05. The molecule has 66 heavy (non-hydrogen) atoms. The first-order valence-corrected chi connectivity index (χ1v) is 21.3. The third-order valence-electron chi connectivity index (χ3n) is 13.0. The van der Waals surface area contributed by atoms with Crippen LogP contribution in [0.5, 0.6) is 0 Å². The summed E-state index contributed by atoms with van der Waals surface area (Å²) in [5.74, 6) is 0. The van der Waals surface area contributed by atoms with Crippen LogP contribution < -0.4 is 0 Å². The number of hydrogen-bond acceptors (Lipinski definition) is 4. The van der Waals surface area contributed by atoms with Gasteiger partial charge in [-0.2, -0.15) is 23.7 Å². The topological polar surface area (TPSA) is 83.7 Å². The highest BCUT2D eigenvalue weighted by Crippen LogP contribution is 2.47. The predicted molar refractivity (Wildman–Crippen MR) is 255 cm³/mol. The number of alkyl halides is 3. The van der Waals surface area contributed by atoms with Crippen LogP contribution in [0.3, 0.4) is 0 Å². The van der Waals surface area contributed by atoms with Crippen molar-refractivity contribution in [3.05, 3.63) is 193 Å². The lowest BCUT2D eigenvalue weighted by Gasteiger charge is -2.20. The van der Waals surface area contributed by atoms with Crippen LogP contribution in [-0.2, 0) is 6.18 Å². The van der Waals surface area contributed by atoms with Gasteiger partial charge in [-0.05, 0) is 90.0 Å². The Hall–Kier alpha value is -9.05. The van der Waals surface area contributed by atoms with E-state index in [1.807, 2.05) is 109 Å². The Morgan fingerprint density at radius 2 is 0.924 bits per heavy atom. The van der Waals surface area contributed by atoms with Gasteiger partial charge in [0.25, 0.3) is 0 Å². The van der Waals surface area contributed by atoms with Gasteiger partial charge in [0.15, 0.2) is 0 Å². The molecule has 0 fully saturated rings. The number of furan rings is 2. The number of nitriles is 2. The van der Waals surface area contributed by atoms with Gasteiger partial charge in [-0.1, -0.05) is 97.1 Å². The number of nitrogens with zero attached hydrogens (tertiary/aromatic N) is 4. The summed E-state index contributed by atoms with van der Waals surface area (Å²) in [6.07, 6.45) is -4.63. The minimum atomic E-state index is -4.63. The Kier molecular flexibility index (Phi) is 7.80. The second-order valence-corrected chi connectivity index (χ2v) is 16.5. The van der Waals surface area contributed by atoms with Crippen LogP contribution in [0.4, 0.5) is 13.2 Å². The molecule has 13 aromatic rings. The molecule has 310 valence electrons. The first-order valence-electron chi connectivity index (χ1n) is 21.3. The molecule has 0 spiro atoms. The van der Waals surface area contributed by atoms with Crippen molar-refractivity contribution in [3.63, 3.8) is 0 Å². The number of rotatable bonds is 4. The first kappa shape index (κ1) is 37.5. The molecule has 13 rings (SSSR count). The van der Waals surface area contributed by atoms with Gasteiger partial charge in [-0.15, -0.1) is 0 Å². The molecular formula is C57H29F3N4O2. The third kappa shape index (κ3) is 5.29. The summed E-state index contributed by atoms with van der Waals surface area (Å²) in [4.78, 5) is 0. The molecule has 6 nitrogen and oxygen atoms in total. The van der Waals surface area contributed by atoms with Crippen molar-refractivity contribution in [1.29, 1.82) is 10.5 Å². The van der Waals surface area contributed by atoms with Gasteiger partial charge in [0.1, 0.15) is 22.3 Å². The Morgan fingerprint density at radius 1 is 0.424 bits per heavy atom. The van der Waals surface area contributed by atoms with E-state index in [9.17, 15) is 23.7 Å². The standard InChI is InChI=1S/C57H29F3N4O2/c58-57(59,60)35-19-22-36(34(28-35)31-62)33-18-21-38(50(29-33)64-46-14-6-2-12-44(46)54-48(64)26-24-42-40-10-4-8-16-52(40)66-56(42)54)37-20-17-32(30-61)27-49(37)63-45-13-5-1-11-43(45)53-47(63)25-23-41-39-9-3-7-15-51(39)65-55(41)53/h1-29H. The van der Waals surface area contributed by atoms with E-state index in [0.717, 1.165) is 116 Å². The molecule has 0 saturated heterocycles. The molecule has 0 atom stereocenters. The number of para-hydroxylation sites is 4. The Morgan fingerprint density at radius 3 is 1.47 bits per heavy atom. The van der Waals surface area contributed by atoms with Gasteiger partial charge < -0.3 is 18.0 Å². The minimum absolute atomic E-state index is 0.101. The van der Waals surface area contributed by atoms with E-state index >= 15 is 0 Å². The van der Waals surface area contributed by atoms with Crippen molar-refractivity contribution in [2.24, 2.45) is 0 Å². The van der Waals surface area contributed by atoms with Crippen molar-refractivity contribution in [3.8, 4) is 45.8 Å². The van der Waals surface area contributed by atoms with Crippen molar-refractivity contribution in [2.75, 3.05) is 0 Å². The van der Waals surface area contributed by atoms with Crippen molar-refractivity contribution >= 4 is 87.5 Å². The lowest BCUT2D eigenvalue weighted by molar-refractivity contribution is -0.137. The van der Waals surface area contributed by atoms with E-state index in [0.29, 0.717) is 22.4 Å². The highest BCUT2D eigenvalue weighted by atomic mass is 19.4. The molecule has 0 aliphatic rings. The van der Waals surface area contributed by atoms with Crippen LogP contribution >= 0.6 is 0 Å². The van der Waals surface area contributed by atoms with Crippen molar-refractivity contribution in [2.45, 2.75) is 6.18 Å². The van der Waals surface area contributed by atoms with Gasteiger partial charge in [0, 0.05) is 43.4 Å². The van der Waals surface area contributed by atoms with Crippen LogP contribution in [0.15, 0.2) is 185 Å². The van der Waals surface area contributed by atoms with E-state index in [4.69, 9.17) is 8.83 Å². The zero-order valence-corrected chi connectivity index (χ0v) is 34.5. The minimum Gasteiger partial charge on any atom is -0.455 e. The van der Waals surface area contributed by atoms with Crippen LogP contribution in [0, 0.1) is 22.7 Å². The Labute approximate surface area is 372 Å². The van der Waals surface area contributed by atoms with Gasteiger partial charge >= 0.3 is 6.18 Å². The number of fused-ring (bicyclic) bond motifs is 14. The van der Waals surface area contributed by atoms with Crippen LogP contribution in [0.2, 0.25) is 0 Å². The SMILES string of the molecule is N#Cc1ccc(-c2ccc(-c3ccc(C(F)(F)F)cc3C#N)cc2-n2c3ccccc3c3c4oc5ccccc5c4ccc32)c(-n2c3ccccc3c3c4oc5ccccc5c4ccc32)c1. The summed E-state index contributed by atoms with van der Waals surface area (Å²) in [7, 11) is 0. The van der Waals surface area contributed by atoms with Gasteiger partial charge in [-0.25, -0.2) is 0 Å². The van der Waals surface area contributed by atoms with E-state index < -0.39 is 11.7 Å². The van der Waals surface area contributed by atoms with E-state index in [1.54, 1.807) is 6.07 Å². The summed E-state index contributed by atoms with van der Waals surface area (Å²) in [6.45, 7) is 0. The molecule has 0 unspecified atom stereocenters. The highest BCUT2D eigenvalue weighted by molar-refractivity contribution is 6.25. The first-order chi connectivity index (χ1) is 32.3. The monoisotopic (exact) mass is 858 g/mol. The lowest BCUT2D eigenvalue weighted by atomic mass is 9.93. The average molecular weight is 859 g/mol. The van der Waals surface area contributed by atoms with E-state index in [1.165, 1.54) is 6.07 Å². The number of benzene rings is 9. The molecule has 0 aliphatic carbocycles. The van der Waals surface area contributed by atoms with Gasteiger partial charge in [-0.3, -0.25) is 0 Å². The molecule has 0 saturated carbocycles. The molecule has 0 amide bonds. The maximum Gasteiger partial charge on any atom is 0.416 e. The number of aromatic nitrogens is 2. The Bertz CT molecular complexity index is 4320. The zero-order valence-electron chi connectivity index (χ0n) is 34.5. The maximum atomic E-state index is 14.0. The second kappa shape index (κ2) is 13.7. The molecule has 0 N–H and O–H groups in total. The predicted octanol–water partition coefficient (Wildman–Crippen LogP) is 15.8. The second-order valence-electron chi connectivity index (χ2n) is 16.5. The third-order valence-corrected chi connectivity index (χ3v) is 13.0. The van der Waals surface area contributed by atoms with Crippen molar-refractivity contribution in [1.82, 2.24) is 9.13 Å². The number of hydrogen-bond donors (Lipinski definition) is 0. The summed E-state index contributed by atoms with van der Waals surface area (Å²) >= 11 is 0. The fourth-order valence-corrected chi connectivity index (χ4v) is 10.2. The van der Waals surface area contributed by atoms with E-state index in [2.05, 4.69) is 63.7 Å². The molecule has 4 heterocycles. The summed E-state index contributed by atoms with van der Waals surface area (Å²) in [5, 5.41) is 28.5. The average Bonchev–Trinajstić information content (AvgIpc) is 4.11. The molecule has 9 aromatic carbocycles. The van der Waals surface area contributed by atoms with Crippen LogP contribution in [0.25, 0.3) is 121 Å². The smallest absolute Gasteiger partial charge is 0.416 e. The Balaban J connectivity index is 1.15.